The van der Waals surface area contributed by atoms with Crippen molar-refractivity contribution >= 4 is 0 Å². The number of ether oxygens (including phenoxy) is 2. The van der Waals surface area contributed by atoms with Crippen molar-refractivity contribution in [3.8, 4) is 11.5 Å². The fraction of sp³-hybridized carbons (Fsp3) is 0.455. The second-order valence-corrected chi connectivity index (χ2v) is 3.65. The molecule has 0 saturated carbocycles. The van der Waals surface area contributed by atoms with Gasteiger partial charge in [-0.15, -0.1) is 0 Å². The van der Waals surface area contributed by atoms with Crippen LogP contribution in [0.5, 0.6) is 11.5 Å². The Labute approximate surface area is 83.8 Å². The molecule has 0 spiro atoms. The summed E-state index contributed by atoms with van der Waals surface area (Å²) in [5, 5.41) is 0. The van der Waals surface area contributed by atoms with Gasteiger partial charge in [0.1, 0.15) is 11.5 Å². The van der Waals surface area contributed by atoms with Crippen molar-refractivity contribution in [1.82, 2.24) is 0 Å². The summed E-state index contributed by atoms with van der Waals surface area (Å²) in [5.41, 5.74) is 7.02. The van der Waals surface area contributed by atoms with Crippen molar-refractivity contribution < 1.29 is 9.47 Å². The summed E-state index contributed by atoms with van der Waals surface area (Å²) < 4.78 is 10.9. The van der Waals surface area contributed by atoms with Crippen LogP contribution in [-0.4, -0.2) is 19.8 Å². The Morgan fingerprint density at radius 1 is 1.57 bits per heavy atom. The first-order valence-corrected chi connectivity index (χ1v) is 4.79. The van der Waals surface area contributed by atoms with Crippen LogP contribution in [0, 0.1) is 0 Å². The molecule has 3 heteroatoms. The Balaban J connectivity index is 2.45. The van der Waals surface area contributed by atoms with Crippen LogP contribution in [0.1, 0.15) is 18.4 Å². The molecular formula is C11H15NO2. The summed E-state index contributed by atoms with van der Waals surface area (Å²) in [5.74, 6) is 2.04. The van der Waals surface area contributed by atoms with E-state index in [2.05, 4.69) is 0 Å². The predicted octanol–water partition coefficient (Wildman–Crippen LogP) is 1.52. The van der Waals surface area contributed by atoms with Crippen molar-refractivity contribution in [2.24, 2.45) is 5.73 Å². The molecule has 0 radical (unpaired) electrons. The van der Waals surface area contributed by atoms with E-state index in [1.165, 1.54) is 0 Å². The lowest BCUT2D eigenvalue weighted by Crippen LogP contribution is -2.25. The van der Waals surface area contributed by atoms with Crippen molar-refractivity contribution in [1.29, 1.82) is 0 Å². The fourth-order valence-electron chi connectivity index (χ4n) is 1.87. The van der Waals surface area contributed by atoms with Gasteiger partial charge in [0.25, 0.3) is 0 Å². The topological polar surface area (TPSA) is 44.5 Å². The highest BCUT2D eigenvalue weighted by Crippen LogP contribution is 2.41. The molecular weight excluding hydrogens is 178 g/mol. The van der Waals surface area contributed by atoms with E-state index < -0.39 is 0 Å². The Morgan fingerprint density at radius 3 is 3.00 bits per heavy atom. The molecule has 2 N–H and O–H groups in total. The molecule has 1 aliphatic heterocycles. The third-order valence-corrected chi connectivity index (χ3v) is 2.67. The van der Waals surface area contributed by atoms with E-state index in [-0.39, 0.29) is 12.0 Å². The van der Waals surface area contributed by atoms with Gasteiger partial charge in [0.2, 0.25) is 0 Å². The van der Waals surface area contributed by atoms with Crippen LogP contribution in [0.15, 0.2) is 18.2 Å². The summed E-state index contributed by atoms with van der Waals surface area (Å²) in [6.45, 7) is 2.66. The first-order valence-electron chi connectivity index (χ1n) is 4.79. The summed E-state index contributed by atoms with van der Waals surface area (Å²) in [7, 11) is 1.67. The largest absolute Gasteiger partial charge is 0.496 e. The Morgan fingerprint density at radius 2 is 2.36 bits per heavy atom. The quantitative estimate of drug-likeness (QED) is 0.774. The van der Waals surface area contributed by atoms with Crippen molar-refractivity contribution in [3.05, 3.63) is 23.8 Å². The average Bonchev–Trinajstić information content (AvgIpc) is 2.60. The molecule has 0 aromatic heterocycles. The fourth-order valence-corrected chi connectivity index (χ4v) is 1.87. The molecule has 76 valence electrons. The maximum atomic E-state index is 5.90. The Bertz CT molecular complexity index is 336. The van der Waals surface area contributed by atoms with E-state index in [0.29, 0.717) is 6.61 Å². The maximum absolute atomic E-state index is 5.90. The molecule has 2 atom stereocenters. The van der Waals surface area contributed by atoms with E-state index in [0.717, 1.165) is 17.1 Å². The standard InChI is InChI=1S/C11H15NO2/c1-7(12)8-6-14-10-5-3-4-9(13-2)11(8)10/h3-5,7-8H,6,12H2,1-2H3. The van der Waals surface area contributed by atoms with E-state index in [4.69, 9.17) is 15.2 Å². The van der Waals surface area contributed by atoms with Crippen LogP contribution >= 0.6 is 0 Å². The number of rotatable bonds is 2. The zero-order valence-corrected chi connectivity index (χ0v) is 8.49. The highest BCUT2D eigenvalue weighted by Gasteiger charge is 2.30. The van der Waals surface area contributed by atoms with E-state index in [1.807, 2.05) is 25.1 Å². The van der Waals surface area contributed by atoms with Gasteiger partial charge in [-0.3, -0.25) is 0 Å². The van der Waals surface area contributed by atoms with Gasteiger partial charge in [-0.1, -0.05) is 6.07 Å². The maximum Gasteiger partial charge on any atom is 0.126 e. The lowest BCUT2D eigenvalue weighted by atomic mass is 9.94. The SMILES string of the molecule is COc1cccc2c1C(C(C)N)CO2. The van der Waals surface area contributed by atoms with Crippen LogP contribution in [0.3, 0.4) is 0 Å². The third kappa shape index (κ3) is 1.34. The second-order valence-electron chi connectivity index (χ2n) is 3.65. The van der Waals surface area contributed by atoms with Crippen LogP contribution in [-0.2, 0) is 0 Å². The molecule has 0 fully saturated rings. The summed E-state index contributed by atoms with van der Waals surface area (Å²) in [4.78, 5) is 0. The smallest absolute Gasteiger partial charge is 0.126 e. The number of nitrogens with two attached hydrogens (primary N) is 1. The average molecular weight is 193 g/mol. The molecule has 1 heterocycles. The molecule has 0 amide bonds. The van der Waals surface area contributed by atoms with Crippen LogP contribution < -0.4 is 15.2 Å². The zero-order chi connectivity index (χ0) is 10.1. The summed E-state index contributed by atoms with van der Waals surface area (Å²) in [6, 6.07) is 5.93. The van der Waals surface area contributed by atoms with Crippen molar-refractivity contribution in [2.45, 2.75) is 18.9 Å². The van der Waals surface area contributed by atoms with Crippen LogP contribution in [0.2, 0.25) is 0 Å². The lowest BCUT2D eigenvalue weighted by Gasteiger charge is -2.15. The van der Waals surface area contributed by atoms with Gasteiger partial charge < -0.3 is 15.2 Å². The summed E-state index contributed by atoms with van der Waals surface area (Å²) >= 11 is 0. The first-order chi connectivity index (χ1) is 6.74. The van der Waals surface area contributed by atoms with Crippen LogP contribution in [0.25, 0.3) is 0 Å². The van der Waals surface area contributed by atoms with Gasteiger partial charge in [0.05, 0.1) is 13.7 Å². The monoisotopic (exact) mass is 193 g/mol. The predicted molar refractivity (Wildman–Crippen MR) is 54.9 cm³/mol. The molecule has 0 bridgehead atoms. The van der Waals surface area contributed by atoms with Gasteiger partial charge in [-0.2, -0.15) is 0 Å². The van der Waals surface area contributed by atoms with Crippen molar-refractivity contribution in [2.75, 3.05) is 13.7 Å². The number of hydrogen-bond donors (Lipinski definition) is 1. The van der Waals surface area contributed by atoms with Gasteiger partial charge >= 0.3 is 0 Å². The minimum absolute atomic E-state index is 0.0903. The highest BCUT2D eigenvalue weighted by atomic mass is 16.5. The van der Waals surface area contributed by atoms with Gasteiger partial charge in [-0.25, -0.2) is 0 Å². The van der Waals surface area contributed by atoms with Crippen LogP contribution in [0.4, 0.5) is 0 Å². The number of benzene rings is 1. The minimum Gasteiger partial charge on any atom is -0.496 e. The van der Waals surface area contributed by atoms with Gasteiger partial charge in [0.15, 0.2) is 0 Å². The Kier molecular flexibility index (Phi) is 2.33. The first kappa shape index (κ1) is 9.34. The third-order valence-electron chi connectivity index (χ3n) is 2.67. The Hall–Kier alpha value is -1.22. The second kappa shape index (κ2) is 3.50. The molecule has 1 aromatic rings. The molecule has 0 aliphatic carbocycles. The zero-order valence-electron chi connectivity index (χ0n) is 8.49. The normalized spacial score (nSPS) is 21.2. The lowest BCUT2D eigenvalue weighted by molar-refractivity contribution is 0.317. The number of fused-ring (bicyclic) bond motifs is 1. The molecule has 0 saturated heterocycles. The summed E-state index contributed by atoms with van der Waals surface area (Å²) in [6.07, 6.45) is 0. The molecule has 3 nitrogen and oxygen atoms in total. The molecule has 2 rings (SSSR count). The van der Waals surface area contributed by atoms with Gasteiger partial charge in [-0.05, 0) is 19.1 Å². The van der Waals surface area contributed by atoms with E-state index in [1.54, 1.807) is 7.11 Å². The molecule has 1 aliphatic rings. The van der Waals surface area contributed by atoms with E-state index in [9.17, 15) is 0 Å². The van der Waals surface area contributed by atoms with Crippen molar-refractivity contribution in [3.63, 3.8) is 0 Å². The molecule has 2 unspecified atom stereocenters. The molecule has 1 aromatic carbocycles. The molecule has 14 heavy (non-hydrogen) atoms. The number of hydrogen-bond acceptors (Lipinski definition) is 3. The minimum atomic E-state index is 0.0903. The van der Waals surface area contributed by atoms with Gasteiger partial charge in [0, 0.05) is 17.5 Å². The van der Waals surface area contributed by atoms with E-state index >= 15 is 0 Å². The number of methoxy groups -OCH3 is 1. The highest BCUT2D eigenvalue weighted by molar-refractivity contribution is 5.50.